The lowest BCUT2D eigenvalue weighted by Crippen LogP contribution is -2.41. The molecule has 0 aromatic rings. The van der Waals surface area contributed by atoms with Crippen LogP contribution in [0.2, 0.25) is 0 Å². The van der Waals surface area contributed by atoms with Gasteiger partial charge in [0, 0.05) is 5.92 Å². The molecule has 1 aliphatic heterocycles. The van der Waals surface area contributed by atoms with Crippen molar-refractivity contribution in [2.45, 2.75) is 51.4 Å². The number of ether oxygens (including phenoxy) is 1. The van der Waals surface area contributed by atoms with E-state index in [0.29, 0.717) is 12.0 Å². The van der Waals surface area contributed by atoms with Crippen LogP contribution in [0.4, 0.5) is 0 Å². The second-order valence-corrected chi connectivity index (χ2v) is 4.32. The third-order valence-corrected chi connectivity index (χ3v) is 3.31. The van der Waals surface area contributed by atoms with Crippen LogP contribution in [0.3, 0.4) is 0 Å². The number of aliphatic hydroxyl groups excluding tert-OH is 1. The highest BCUT2D eigenvalue weighted by molar-refractivity contribution is 4.82. The first kappa shape index (κ1) is 8.52. The Morgan fingerprint density at radius 2 is 2.00 bits per heavy atom. The van der Waals surface area contributed by atoms with Gasteiger partial charge in [0.05, 0.1) is 6.10 Å². The standard InChI is InChI=1S/C10H18O2/c1-7-6-8-4-2-3-5-9(8)12-10(7)11/h7-11H,2-6H2,1H3. The normalized spacial score (nSPS) is 48.5. The Labute approximate surface area is 73.9 Å². The molecule has 70 valence electrons. The Kier molecular flexibility index (Phi) is 2.37. The van der Waals surface area contributed by atoms with Crippen molar-refractivity contribution in [3.8, 4) is 0 Å². The first-order chi connectivity index (χ1) is 5.77. The Morgan fingerprint density at radius 1 is 1.25 bits per heavy atom. The van der Waals surface area contributed by atoms with E-state index >= 15 is 0 Å². The largest absolute Gasteiger partial charge is 0.368 e. The molecule has 0 radical (unpaired) electrons. The number of hydrogen-bond acceptors (Lipinski definition) is 2. The predicted octanol–water partition coefficient (Wildman–Crippen LogP) is 1.92. The van der Waals surface area contributed by atoms with Crippen molar-refractivity contribution in [3.05, 3.63) is 0 Å². The van der Waals surface area contributed by atoms with Crippen molar-refractivity contribution < 1.29 is 9.84 Å². The number of rotatable bonds is 0. The summed E-state index contributed by atoms with van der Waals surface area (Å²) in [7, 11) is 0. The van der Waals surface area contributed by atoms with Gasteiger partial charge in [-0.25, -0.2) is 0 Å². The van der Waals surface area contributed by atoms with E-state index in [9.17, 15) is 5.11 Å². The highest BCUT2D eigenvalue weighted by Gasteiger charge is 2.35. The summed E-state index contributed by atoms with van der Waals surface area (Å²) in [5, 5.41) is 9.49. The van der Waals surface area contributed by atoms with Gasteiger partial charge in [-0.05, 0) is 25.2 Å². The first-order valence-corrected chi connectivity index (χ1v) is 5.11. The van der Waals surface area contributed by atoms with E-state index < -0.39 is 6.29 Å². The fraction of sp³-hybridized carbons (Fsp3) is 1.00. The number of aliphatic hydroxyl groups is 1. The molecule has 1 N–H and O–H groups in total. The van der Waals surface area contributed by atoms with Gasteiger partial charge in [-0.3, -0.25) is 0 Å². The second-order valence-electron chi connectivity index (χ2n) is 4.32. The van der Waals surface area contributed by atoms with E-state index in [0.717, 1.165) is 18.8 Å². The molecule has 2 rings (SSSR count). The first-order valence-electron chi connectivity index (χ1n) is 5.11. The third-order valence-electron chi connectivity index (χ3n) is 3.31. The van der Waals surface area contributed by atoms with Crippen molar-refractivity contribution in [1.29, 1.82) is 0 Å². The van der Waals surface area contributed by atoms with E-state index in [1.165, 1.54) is 19.3 Å². The molecule has 1 saturated carbocycles. The summed E-state index contributed by atoms with van der Waals surface area (Å²) in [6, 6.07) is 0. The fourth-order valence-electron chi connectivity index (χ4n) is 2.53. The van der Waals surface area contributed by atoms with Crippen LogP contribution in [0, 0.1) is 11.8 Å². The molecular formula is C10H18O2. The number of hydrogen-bond donors (Lipinski definition) is 1. The lowest BCUT2D eigenvalue weighted by Gasteiger charge is -2.40. The van der Waals surface area contributed by atoms with E-state index in [2.05, 4.69) is 6.92 Å². The van der Waals surface area contributed by atoms with Crippen molar-refractivity contribution in [1.82, 2.24) is 0 Å². The molecule has 0 spiro atoms. The molecule has 4 unspecified atom stereocenters. The summed E-state index contributed by atoms with van der Waals surface area (Å²) in [5.74, 6) is 1.07. The van der Waals surface area contributed by atoms with Gasteiger partial charge in [0.25, 0.3) is 0 Å². The van der Waals surface area contributed by atoms with Gasteiger partial charge < -0.3 is 9.84 Å². The molecule has 2 heteroatoms. The topological polar surface area (TPSA) is 29.5 Å². The average Bonchev–Trinajstić information content (AvgIpc) is 2.07. The maximum absolute atomic E-state index is 9.49. The van der Waals surface area contributed by atoms with E-state index in [1.54, 1.807) is 0 Å². The zero-order valence-corrected chi connectivity index (χ0v) is 7.70. The van der Waals surface area contributed by atoms with E-state index in [-0.39, 0.29) is 0 Å². The average molecular weight is 170 g/mol. The van der Waals surface area contributed by atoms with Gasteiger partial charge in [0.2, 0.25) is 0 Å². The Hall–Kier alpha value is -0.0800. The molecule has 1 heterocycles. The monoisotopic (exact) mass is 170 g/mol. The predicted molar refractivity (Wildman–Crippen MR) is 46.6 cm³/mol. The zero-order chi connectivity index (χ0) is 8.55. The van der Waals surface area contributed by atoms with Crippen LogP contribution >= 0.6 is 0 Å². The molecule has 0 aromatic carbocycles. The van der Waals surface area contributed by atoms with Gasteiger partial charge >= 0.3 is 0 Å². The molecule has 2 fully saturated rings. The molecule has 1 aliphatic carbocycles. The van der Waals surface area contributed by atoms with Gasteiger partial charge in [-0.1, -0.05) is 19.8 Å². The van der Waals surface area contributed by atoms with Crippen LogP contribution in [0.1, 0.15) is 39.0 Å². The van der Waals surface area contributed by atoms with Crippen molar-refractivity contribution >= 4 is 0 Å². The molecule has 4 atom stereocenters. The Bertz CT molecular complexity index is 140. The van der Waals surface area contributed by atoms with Crippen LogP contribution in [-0.4, -0.2) is 17.5 Å². The van der Waals surface area contributed by atoms with Crippen LogP contribution in [0.25, 0.3) is 0 Å². The van der Waals surface area contributed by atoms with Crippen LogP contribution in [0.5, 0.6) is 0 Å². The molecule has 0 aromatic heterocycles. The molecule has 2 nitrogen and oxygen atoms in total. The summed E-state index contributed by atoms with van der Waals surface area (Å²) in [4.78, 5) is 0. The summed E-state index contributed by atoms with van der Waals surface area (Å²) in [6.07, 6.45) is 6.13. The smallest absolute Gasteiger partial charge is 0.157 e. The molecule has 0 bridgehead atoms. The fourth-order valence-corrected chi connectivity index (χ4v) is 2.53. The van der Waals surface area contributed by atoms with Gasteiger partial charge in [-0.15, -0.1) is 0 Å². The number of fused-ring (bicyclic) bond motifs is 1. The summed E-state index contributed by atoms with van der Waals surface area (Å²) >= 11 is 0. The van der Waals surface area contributed by atoms with Gasteiger partial charge in [0.1, 0.15) is 0 Å². The summed E-state index contributed by atoms with van der Waals surface area (Å²) in [6.45, 7) is 2.08. The Balaban J connectivity index is 1.98. The van der Waals surface area contributed by atoms with E-state index in [1.807, 2.05) is 0 Å². The maximum atomic E-state index is 9.49. The molecular weight excluding hydrogens is 152 g/mol. The lowest BCUT2D eigenvalue weighted by atomic mass is 9.79. The third kappa shape index (κ3) is 1.50. The highest BCUT2D eigenvalue weighted by atomic mass is 16.6. The highest BCUT2D eigenvalue weighted by Crippen LogP contribution is 2.37. The molecule has 12 heavy (non-hydrogen) atoms. The Morgan fingerprint density at radius 3 is 2.83 bits per heavy atom. The van der Waals surface area contributed by atoms with Crippen molar-refractivity contribution in [2.75, 3.05) is 0 Å². The minimum absolute atomic E-state index is 0.337. The zero-order valence-electron chi connectivity index (χ0n) is 7.70. The van der Waals surface area contributed by atoms with Crippen molar-refractivity contribution in [3.63, 3.8) is 0 Å². The SMILES string of the molecule is CC1CC2CCCCC2OC1O. The van der Waals surface area contributed by atoms with Crippen LogP contribution in [-0.2, 0) is 4.74 Å². The molecule has 1 saturated heterocycles. The quantitative estimate of drug-likeness (QED) is 0.602. The minimum atomic E-state index is -0.496. The van der Waals surface area contributed by atoms with E-state index in [4.69, 9.17) is 4.74 Å². The van der Waals surface area contributed by atoms with Gasteiger partial charge in [0.15, 0.2) is 6.29 Å². The molecule has 2 aliphatic rings. The summed E-state index contributed by atoms with van der Waals surface area (Å²) in [5.41, 5.74) is 0. The lowest BCUT2D eigenvalue weighted by molar-refractivity contribution is -0.216. The van der Waals surface area contributed by atoms with Crippen LogP contribution < -0.4 is 0 Å². The second kappa shape index (κ2) is 3.35. The molecule has 0 amide bonds. The van der Waals surface area contributed by atoms with Crippen LogP contribution in [0.15, 0.2) is 0 Å². The van der Waals surface area contributed by atoms with Crippen molar-refractivity contribution in [2.24, 2.45) is 11.8 Å². The minimum Gasteiger partial charge on any atom is -0.368 e. The van der Waals surface area contributed by atoms with Gasteiger partial charge in [-0.2, -0.15) is 0 Å². The summed E-state index contributed by atoms with van der Waals surface area (Å²) < 4.78 is 5.56. The maximum Gasteiger partial charge on any atom is 0.157 e.